The van der Waals surface area contributed by atoms with Crippen LogP contribution in [0.2, 0.25) is 10.0 Å². The molecule has 0 heterocycles. The highest BCUT2D eigenvalue weighted by Gasteiger charge is 2.08. The summed E-state index contributed by atoms with van der Waals surface area (Å²) < 4.78 is 5.65. The molecule has 0 radical (unpaired) electrons. The smallest absolute Gasteiger partial charge is 0.251 e. The first-order chi connectivity index (χ1) is 10.6. The minimum atomic E-state index is -0.268. The Hall–Kier alpha value is -1.75. The van der Waals surface area contributed by atoms with Crippen LogP contribution in [0.4, 0.5) is 0 Å². The number of aliphatic hydroxyl groups is 1. The van der Waals surface area contributed by atoms with Crippen molar-refractivity contribution >= 4 is 29.1 Å². The van der Waals surface area contributed by atoms with Crippen molar-refractivity contribution in [2.24, 2.45) is 0 Å². The first-order valence-electron chi connectivity index (χ1n) is 6.66. The van der Waals surface area contributed by atoms with Gasteiger partial charge in [-0.1, -0.05) is 35.3 Å². The van der Waals surface area contributed by atoms with E-state index in [9.17, 15) is 4.79 Å². The van der Waals surface area contributed by atoms with Crippen molar-refractivity contribution in [3.63, 3.8) is 0 Å². The summed E-state index contributed by atoms with van der Waals surface area (Å²) >= 11 is 12.2. The molecule has 0 saturated heterocycles. The topological polar surface area (TPSA) is 58.6 Å². The van der Waals surface area contributed by atoms with Crippen molar-refractivity contribution in [1.29, 1.82) is 0 Å². The Balaban J connectivity index is 2.06. The second-order valence-electron chi connectivity index (χ2n) is 4.50. The summed E-state index contributed by atoms with van der Waals surface area (Å²) in [5.41, 5.74) is 1.15. The second-order valence-corrected chi connectivity index (χ2v) is 5.31. The molecule has 0 unspecified atom stereocenters. The number of benzene rings is 2. The maximum atomic E-state index is 11.8. The van der Waals surface area contributed by atoms with Crippen LogP contribution in [0.25, 0.3) is 0 Å². The molecule has 116 valence electrons. The largest absolute Gasteiger partial charge is 0.489 e. The lowest BCUT2D eigenvalue weighted by atomic mass is 10.2. The number of rotatable bonds is 6. The summed E-state index contributed by atoms with van der Waals surface area (Å²) in [7, 11) is 0. The van der Waals surface area contributed by atoms with Gasteiger partial charge in [-0.15, -0.1) is 0 Å². The zero-order valence-corrected chi connectivity index (χ0v) is 13.2. The van der Waals surface area contributed by atoms with Crippen LogP contribution in [0.15, 0.2) is 42.5 Å². The molecule has 0 atom stereocenters. The maximum absolute atomic E-state index is 11.8. The molecule has 0 aliphatic heterocycles. The minimum absolute atomic E-state index is 0.104. The number of hydrogen-bond donors (Lipinski definition) is 2. The number of hydrogen-bond acceptors (Lipinski definition) is 3. The summed E-state index contributed by atoms with van der Waals surface area (Å²) in [6, 6.07) is 12.0. The number of carbonyl (C=O) groups is 1. The van der Waals surface area contributed by atoms with E-state index in [0.717, 1.165) is 0 Å². The van der Waals surface area contributed by atoms with E-state index in [1.165, 1.54) is 0 Å². The summed E-state index contributed by atoms with van der Waals surface area (Å²) in [6.07, 6.45) is 0. The number of carbonyl (C=O) groups excluding carboxylic acids is 1. The third-order valence-electron chi connectivity index (χ3n) is 2.94. The highest BCUT2D eigenvalue weighted by atomic mass is 35.5. The zero-order chi connectivity index (χ0) is 15.9. The van der Waals surface area contributed by atoms with Gasteiger partial charge in [0.15, 0.2) is 0 Å². The zero-order valence-electron chi connectivity index (χ0n) is 11.7. The van der Waals surface area contributed by atoms with E-state index in [1.807, 2.05) is 0 Å². The van der Waals surface area contributed by atoms with Gasteiger partial charge in [-0.2, -0.15) is 0 Å². The average molecular weight is 340 g/mol. The fourth-order valence-electron chi connectivity index (χ4n) is 1.82. The van der Waals surface area contributed by atoms with E-state index in [2.05, 4.69) is 5.32 Å². The van der Waals surface area contributed by atoms with E-state index >= 15 is 0 Å². The first kappa shape index (κ1) is 16.6. The van der Waals surface area contributed by atoms with E-state index in [1.54, 1.807) is 42.5 Å². The maximum Gasteiger partial charge on any atom is 0.251 e. The van der Waals surface area contributed by atoms with Crippen molar-refractivity contribution in [2.75, 3.05) is 13.2 Å². The molecule has 6 heteroatoms. The SMILES string of the molecule is O=C(NCCO)c1cccc(OCc2c(Cl)cccc2Cl)c1. The van der Waals surface area contributed by atoms with Crippen LogP contribution >= 0.6 is 23.2 Å². The molecule has 0 aliphatic carbocycles. The van der Waals surface area contributed by atoms with Crippen LogP contribution < -0.4 is 10.1 Å². The molecule has 0 bridgehead atoms. The van der Waals surface area contributed by atoms with Crippen LogP contribution in [0.1, 0.15) is 15.9 Å². The molecular formula is C16H15Cl2NO3. The van der Waals surface area contributed by atoms with Gasteiger partial charge in [0.1, 0.15) is 12.4 Å². The van der Waals surface area contributed by atoms with Gasteiger partial charge in [-0.3, -0.25) is 4.79 Å². The molecule has 4 nitrogen and oxygen atoms in total. The van der Waals surface area contributed by atoms with Crippen LogP contribution in [-0.2, 0) is 6.61 Å². The highest BCUT2D eigenvalue weighted by molar-refractivity contribution is 6.35. The van der Waals surface area contributed by atoms with E-state index in [-0.39, 0.29) is 25.7 Å². The van der Waals surface area contributed by atoms with Gasteiger partial charge < -0.3 is 15.2 Å². The standard InChI is InChI=1S/C16H15Cl2NO3/c17-14-5-2-6-15(18)13(14)10-22-12-4-1-3-11(9-12)16(21)19-7-8-20/h1-6,9,20H,7-8,10H2,(H,19,21). The Kier molecular flexibility index (Phi) is 6.07. The minimum Gasteiger partial charge on any atom is -0.489 e. The predicted molar refractivity (Wildman–Crippen MR) is 86.7 cm³/mol. The Morgan fingerprint density at radius 2 is 1.82 bits per heavy atom. The highest BCUT2D eigenvalue weighted by Crippen LogP contribution is 2.26. The van der Waals surface area contributed by atoms with E-state index < -0.39 is 0 Å². The molecule has 1 amide bonds. The molecule has 2 N–H and O–H groups in total. The number of ether oxygens (including phenoxy) is 1. The summed E-state index contributed by atoms with van der Waals surface area (Å²) in [4.78, 5) is 11.8. The van der Waals surface area contributed by atoms with E-state index in [4.69, 9.17) is 33.0 Å². The average Bonchev–Trinajstić information content (AvgIpc) is 2.52. The molecule has 0 spiro atoms. The number of amides is 1. The molecule has 2 rings (SSSR count). The quantitative estimate of drug-likeness (QED) is 0.848. The Labute approximate surface area is 138 Å². The Bertz CT molecular complexity index is 641. The molecule has 0 fully saturated rings. The molecule has 2 aromatic carbocycles. The van der Waals surface area contributed by atoms with Crippen molar-refractivity contribution in [3.05, 3.63) is 63.6 Å². The lowest BCUT2D eigenvalue weighted by Crippen LogP contribution is -2.26. The fraction of sp³-hybridized carbons (Fsp3) is 0.188. The van der Waals surface area contributed by atoms with Gasteiger partial charge >= 0.3 is 0 Å². The molecule has 22 heavy (non-hydrogen) atoms. The van der Waals surface area contributed by atoms with Crippen LogP contribution in [0, 0.1) is 0 Å². The third-order valence-corrected chi connectivity index (χ3v) is 3.65. The normalized spacial score (nSPS) is 10.3. The second kappa shape index (κ2) is 8.03. The molecular weight excluding hydrogens is 325 g/mol. The van der Waals surface area contributed by atoms with Crippen molar-refractivity contribution in [3.8, 4) is 5.75 Å². The third kappa shape index (κ3) is 4.37. The van der Waals surface area contributed by atoms with Crippen molar-refractivity contribution < 1.29 is 14.6 Å². The molecule has 0 aliphatic rings. The Morgan fingerprint density at radius 1 is 1.14 bits per heavy atom. The molecule has 2 aromatic rings. The van der Waals surface area contributed by atoms with Crippen LogP contribution in [-0.4, -0.2) is 24.2 Å². The Morgan fingerprint density at radius 3 is 2.50 bits per heavy atom. The van der Waals surface area contributed by atoms with Gasteiger partial charge in [-0.25, -0.2) is 0 Å². The van der Waals surface area contributed by atoms with Gasteiger partial charge in [-0.05, 0) is 30.3 Å². The van der Waals surface area contributed by atoms with Crippen molar-refractivity contribution in [2.45, 2.75) is 6.61 Å². The monoisotopic (exact) mass is 339 g/mol. The van der Waals surface area contributed by atoms with E-state index in [0.29, 0.717) is 26.9 Å². The molecule has 0 saturated carbocycles. The van der Waals surface area contributed by atoms with Crippen molar-refractivity contribution in [1.82, 2.24) is 5.32 Å². The summed E-state index contributed by atoms with van der Waals surface area (Å²) in [6.45, 7) is 0.312. The molecule has 0 aromatic heterocycles. The van der Waals surface area contributed by atoms with Gasteiger partial charge in [0.2, 0.25) is 0 Å². The number of aliphatic hydroxyl groups excluding tert-OH is 1. The van der Waals surface area contributed by atoms with Crippen LogP contribution in [0.5, 0.6) is 5.75 Å². The first-order valence-corrected chi connectivity index (χ1v) is 7.42. The summed E-state index contributed by atoms with van der Waals surface area (Å²) in [5.74, 6) is 0.267. The van der Waals surface area contributed by atoms with Gasteiger partial charge in [0.05, 0.1) is 6.61 Å². The predicted octanol–water partition coefficient (Wildman–Crippen LogP) is 3.29. The van der Waals surface area contributed by atoms with Gasteiger partial charge in [0, 0.05) is 27.7 Å². The fourth-order valence-corrected chi connectivity index (χ4v) is 2.33. The van der Waals surface area contributed by atoms with Gasteiger partial charge in [0.25, 0.3) is 5.91 Å². The number of nitrogens with one attached hydrogen (secondary N) is 1. The summed E-state index contributed by atoms with van der Waals surface area (Å²) in [5, 5.41) is 12.4. The van der Waals surface area contributed by atoms with Crippen LogP contribution in [0.3, 0.4) is 0 Å². The lowest BCUT2D eigenvalue weighted by molar-refractivity contribution is 0.0944. The number of halogens is 2. The lowest BCUT2D eigenvalue weighted by Gasteiger charge is -2.10.